The van der Waals surface area contributed by atoms with Gasteiger partial charge in [-0.25, -0.2) is 0 Å². The Morgan fingerprint density at radius 2 is 0.690 bits per heavy atom. The van der Waals surface area contributed by atoms with Gasteiger partial charge in [-0.15, -0.1) is 6.42 Å². The second kappa shape index (κ2) is 14.9. The van der Waals surface area contributed by atoms with Crippen molar-refractivity contribution in [2.45, 2.75) is 45.1 Å². The molecular weight excluding hydrogens is 699 g/mol. The second-order valence-corrected chi connectivity index (χ2v) is 15.4. The number of hydrogen-bond acceptors (Lipinski definition) is 0. The first-order valence-electron chi connectivity index (χ1n) is 20.5. The van der Waals surface area contributed by atoms with E-state index in [0.29, 0.717) is 6.54 Å². The first kappa shape index (κ1) is 36.7. The molecule has 0 atom stereocenters. The summed E-state index contributed by atoms with van der Waals surface area (Å²) in [6.45, 7) is 9.37. The lowest BCUT2D eigenvalue weighted by Crippen LogP contribution is -2.22. The minimum atomic E-state index is -0.159. The maximum Gasteiger partial charge on any atom is 0.0841 e. The Morgan fingerprint density at radius 1 is 0.397 bits per heavy atom. The molecule has 0 unspecified atom stereocenters. The molecule has 0 saturated heterocycles. The lowest BCUT2D eigenvalue weighted by molar-refractivity contribution is 0.713. The van der Waals surface area contributed by atoms with Crippen molar-refractivity contribution in [1.82, 2.24) is 4.57 Å². The van der Waals surface area contributed by atoms with E-state index in [1.54, 1.807) is 0 Å². The quantitative estimate of drug-likeness (QED) is 0.158. The zero-order valence-electron chi connectivity index (χ0n) is 33.7. The van der Waals surface area contributed by atoms with E-state index in [9.17, 15) is 0 Å². The van der Waals surface area contributed by atoms with Crippen molar-refractivity contribution >= 4 is 21.8 Å². The van der Waals surface area contributed by atoms with Crippen molar-refractivity contribution in [2.24, 2.45) is 0 Å². The largest absolute Gasteiger partial charge is 0.329 e. The molecule has 280 valence electrons. The molecule has 8 aromatic carbocycles. The highest BCUT2D eigenvalue weighted by Gasteiger charge is 2.41. The van der Waals surface area contributed by atoms with E-state index in [0.717, 1.165) is 0 Å². The molecule has 1 nitrogen and oxygen atoms in total. The van der Waals surface area contributed by atoms with Gasteiger partial charge in [-0.3, -0.25) is 0 Å². The predicted octanol–water partition coefficient (Wildman–Crippen LogP) is 14.5. The summed E-state index contributed by atoms with van der Waals surface area (Å²) in [6.07, 6.45) is 5.43. The number of terminal acetylenes is 1. The fourth-order valence-corrected chi connectivity index (χ4v) is 9.79. The second-order valence-electron chi connectivity index (χ2n) is 15.4. The molecule has 0 bridgehead atoms. The lowest BCUT2D eigenvalue weighted by atomic mass is 9.73. The Morgan fingerprint density at radius 3 is 1.02 bits per heavy atom. The average molecular weight is 746 g/mol. The van der Waals surface area contributed by atoms with Crippen molar-refractivity contribution in [3.05, 3.63) is 228 Å². The van der Waals surface area contributed by atoms with Crippen LogP contribution in [0, 0.1) is 12.3 Å². The Hall–Kier alpha value is -6.88. The highest BCUT2D eigenvalue weighted by atomic mass is 15.0. The number of fused-ring (bicyclic) bond motifs is 9. The van der Waals surface area contributed by atoms with Crippen molar-refractivity contribution < 1.29 is 0 Å². The van der Waals surface area contributed by atoms with E-state index in [4.69, 9.17) is 6.42 Å². The molecule has 2 aliphatic rings. The maximum absolute atomic E-state index is 5.43. The molecule has 9 aromatic rings. The van der Waals surface area contributed by atoms with E-state index in [2.05, 4.69) is 206 Å². The summed E-state index contributed by atoms with van der Waals surface area (Å²) in [5, 5.41) is 2.54. The Bertz CT molecular complexity index is 2680. The highest BCUT2D eigenvalue weighted by Crippen LogP contribution is 2.53. The minimum absolute atomic E-state index is 0.159. The standard InChI is InChI=1S/C40H30.C15H11N.C2H6/c1-39(35-15-7-3-11-31(35)32-12-4-8-16-36(32)39)29-23-19-27(20-24-29)28-21-25-30(26-22-28)40(2)37-17-9-5-13-33(37)34-14-6-10-18-38(34)40;1-2-11-16-14-9-5-3-7-12(14)13-8-4-6-10-15(13)16;1-2/h3-26H,1-2H3;1,3-10H,11H2;1-2H3. The van der Waals surface area contributed by atoms with Crippen LogP contribution in [-0.2, 0) is 17.4 Å². The summed E-state index contributed by atoms with van der Waals surface area (Å²) < 4.78 is 2.19. The molecule has 0 saturated carbocycles. The topological polar surface area (TPSA) is 4.93 Å². The van der Waals surface area contributed by atoms with E-state index >= 15 is 0 Å². The Labute approximate surface area is 343 Å². The molecule has 1 heteroatoms. The number of nitrogens with zero attached hydrogens (tertiary/aromatic N) is 1. The SMILES string of the molecule is C#CCn1c2ccccc2c2ccccc21.CC.CC1(c2ccc(-c3ccc(C4(C)c5ccccc5-c5ccccc54)cc3)cc2)c2ccccc2-c2ccccc21. The third-order valence-corrected chi connectivity index (χ3v) is 12.6. The van der Waals surface area contributed by atoms with Crippen LogP contribution in [0.2, 0.25) is 0 Å². The molecule has 2 aliphatic carbocycles. The molecule has 0 N–H and O–H groups in total. The van der Waals surface area contributed by atoms with Crippen molar-refractivity contribution in [3.8, 4) is 45.7 Å². The summed E-state index contributed by atoms with van der Waals surface area (Å²) in [4.78, 5) is 0. The van der Waals surface area contributed by atoms with Gasteiger partial charge in [0, 0.05) is 32.6 Å². The third kappa shape index (κ3) is 5.63. The summed E-state index contributed by atoms with van der Waals surface area (Å²) in [6, 6.07) is 70.7. The molecule has 0 amide bonds. The zero-order chi connectivity index (χ0) is 39.9. The minimum Gasteiger partial charge on any atom is -0.329 e. The molecule has 0 radical (unpaired) electrons. The first-order chi connectivity index (χ1) is 28.5. The summed E-state index contributed by atoms with van der Waals surface area (Å²) >= 11 is 0. The van der Waals surface area contributed by atoms with Crippen LogP contribution >= 0.6 is 0 Å². The first-order valence-corrected chi connectivity index (χ1v) is 20.5. The van der Waals surface area contributed by atoms with Crippen LogP contribution in [-0.4, -0.2) is 4.57 Å². The number of rotatable bonds is 4. The molecular formula is C57H47N. The van der Waals surface area contributed by atoms with Gasteiger partial charge in [-0.1, -0.05) is 202 Å². The van der Waals surface area contributed by atoms with Crippen molar-refractivity contribution in [3.63, 3.8) is 0 Å². The smallest absolute Gasteiger partial charge is 0.0841 e. The van der Waals surface area contributed by atoms with Crippen LogP contribution in [0.3, 0.4) is 0 Å². The summed E-state index contributed by atoms with van der Waals surface area (Å²) in [5.74, 6) is 2.72. The molecule has 1 heterocycles. The monoisotopic (exact) mass is 745 g/mol. The Balaban J connectivity index is 0.000000202. The lowest BCUT2D eigenvalue weighted by Gasteiger charge is -2.29. The maximum atomic E-state index is 5.43. The summed E-state index contributed by atoms with van der Waals surface area (Å²) in [7, 11) is 0. The van der Waals surface area contributed by atoms with Crippen LogP contribution < -0.4 is 0 Å². The number of hydrogen-bond donors (Lipinski definition) is 0. The van der Waals surface area contributed by atoms with E-state index in [-0.39, 0.29) is 10.8 Å². The van der Waals surface area contributed by atoms with E-state index < -0.39 is 0 Å². The molecule has 58 heavy (non-hydrogen) atoms. The Kier molecular flexibility index (Phi) is 9.43. The van der Waals surface area contributed by atoms with E-state index in [1.165, 1.54) is 88.6 Å². The number of benzene rings is 8. The van der Waals surface area contributed by atoms with Gasteiger partial charge in [0.25, 0.3) is 0 Å². The number of para-hydroxylation sites is 2. The predicted molar refractivity (Wildman–Crippen MR) is 246 cm³/mol. The van der Waals surface area contributed by atoms with Crippen LogP contribution in [0.1, 0.15) is 61.1 Å². The normalized spacial score (nSPS) is 13.5. The molecule has 11 rings (SSSR count). The number of aromatic nitrogens is 1. The average Bonchev–Trinajstić information content (AvgIpc) is 3.87. The molecule has 1 aromatic heterocycles. The van der Waals surface area contributed by atoms with Gasteiger partial charge in [-0.2, -0.15) is 0 Å². The molecule has 0 spiro atoms. The van der Waals surface area contributed by atoms with Crippen LogP contribution in [0.25, 0.3) is 55.2 Å². The third-order valence-electron chi connectivity index (χ3n) is 12.6. The highest BCUT2D eigenvalue weighted by molar-refractivity contribution is 6.08. The van der Waals surface area contributed by atoms with E-state index in [1.807, 2.05) is 26.0 Å². The van der Waals surface area contributed by atoms with Gasteiger partial charge < -0.3 is 4.57 Å². The van der Waals surface area contributed by atoms with Crippen LogP contribution in [0.5, 0.6) is 0 Å². The van der Waals surface area contributed by atoms with Crippen LogP contribution in [0.15, 0.2) is 194 Å². The fraction of sp³-hybridized carbons (Fsp3) is 0.123. The van der Waals surface area contributed by atoms with Gasteiger partial charge in [0.15, 0.2) is 0 Å². The van der Waals surface area contributed by atoms with Gasteiger partial charge in [-0.05, 0) is 92.7 Å². The molecule has 0 aliphatic heterocycles. The molecule has 0 fully saturated rings. The van der Waals surface area contributed by atoms with Crippen LogP contribution in [0.4, 0.5) is 0 Å². The van der Waals surface area contributed by atoms with Gasteiger partial charge in [0.2, 0.25) is 0 Å². The fourth-order valence-electron chi connectivity index (χ4n) is 9.79. The summed E-state index contributed by atoms with van der Waals surface area (Å²) in [5.41, 5.74) is 18.2. The van der Waals surface area contributed by atoms with Gasteiger partial charge in [0.1, 0.15) is 0 Å². The zero-order valence-corrected chi connectivity index (χ0v) is 33.7. The van der Waals surface area contributed by atoms with Crippen molar-refractivity contribution in [1.29, 1.82) is 0 Å². The van der Waals surface area contributed by atoms with Gasteiger partial charge in [0.05, 0.1) is 6.54 Å². The van der Waals surface area contributed by atoms with Gasteiger partial charge >= 0.3 is 0 Å². The van der Waals surface area contributed by atoms with Crippen molar-refractivity contribution in [2.75, 3.05) is 0 Å².